The molecule has 0 aliphatic rings. The van der Waals surface area contributed by atoms with E-state index in [9.17, 15) is 13.2 Å². The number of halogens is 3. The minimum atomic E-state index is -4.46. The van der Waals surface area contributed by atoms with Crippen LogP contribution in [0, 0.1) is 13.8 Å². The number of nitrogens with one attached hydrogen (secondary N) is 2. The lowest BCUT2D eigenvalue weighted by molar-refractivity contribution is -0.136. The first-order chi connectivity index (χ1) is 12.3. The number of hydrogen-bond acceptors (Lipinski definition) is 6. The van der Waals surface area contributed by atoms with E-state index >= 15 is 0 Å². The zero-order valence-corrected chi connectivity index (χ0v) is 15.1. The summed E-state index contributed by atoms with van der Waals surface area (Å²) in [6, 6.07) is 5.69. The molecule has 0 unspecified atom stereocenters. The molecule has 9 heteroatoms. The van der Waals surface area contributed by atoms with Gasteiger partial charge in [0.2, 0.25) is 5.95 Å². The minimum absolute atomic E-state index is 0.00785. The van der Waals surface area contributed by atoms with Crippen LogP contribution in [0.3, 0.4) is 0 Å². The minimum Gasteiger partial charge on any atom is -0.388 e. The highest BCUT2D eigenvalue weighted by Crippen LogP contribution is 2.37. The molecule has 2 aromatic heterocycles. The molecule has 0 radical (unpaired) electrons. The Hall–Kier alpha value is -2.68. The molecule has 0 aliphatic carbocycles. The predicted octanol–water partition coefficient (Wildman–Crippen LogP) is 5.02. The highest BCUT2D eigenvalue weighted by Gasteiger charge is 2.33. The summed E-state index contributed by atoms with van der Waals surface area (Å²) in [5, 5.41) is 6.31. The zero-order chi connectivity index (χ0) is 18.9. The van der Waals surface area contributed by atoms with E-state index in [1.807, 2.05) is 13.8 Å². The molecule has 2 N–H and O–H groups in total. The van der Waals surface area contributed by atoms with Crippen molar-refractivity contribution < 1.29 is 13.2 Å². The summed E-state index contributed by atoms with van der Waals surface area (Å²) in [5.74, 6) is 0.221. The number of aryl methyl sites for hydroxylation is 2. The Morgan fingerprint density at radius 2 is 1.85 bits per heavy atom. The van der Waals surface area contributed by atoms with Gasteiger partial charge in [0.25, 0.3) is 0 Å². The van der Waals surface area contributed by atoms with Gasteiger partial charge < -0.3 is 10.6 Å². The summed E-state index contributed by atoms with van der Waals surface area (Å²) in [6.45, 7) is 3.80. The second kappa shape index (κ2) is 6.91. The van der Waals surface area contributed by atoms with E-state index in [0.717, 1.165) is 21.6 Å². The van der Waals surface area contributed by atoms with Crippen LogP contribution in [0.25, 0.3) is 10.6 Å². The van der Waals surface area contributed by atoms with E-state index in [-0.39, 0.29) is 17.3 Å². The van der Waals surface area contributed by atoms with Gasteiger partial charge >= 0.3 is 6.18 Å². The quantitative estimate of drug-likeness (QED) is 0.666. The Bertz CT molecular complexity index is 936. The SMILES string of the molecule is CNc1ccc(Nc2nccc(-c3sc(C)nc3C)n2)cc1C(F)(F)F. The molecule has 0 aliphatic heterocycles. The standard InChI is InChI=1S/C17H16F3N5S/c1-9-15(26-10(2)23-9)14-6-7-22-16(25-14)24-11-4-5-13(21-3)12(8-11)17(18,19)20/h4-8,21H,1-3H3,(H,22,24,25). The molecule has 0 fully saturated rings. The summed E-state index contributed by atoms with van der Waals surface area (Å²) < 4.78 is 39.5. The molecule has 3 aromatic rings. The van der Waals surface area contributed by atoms with Crippen molar-refractivity contribution in [2.24, 2.45) is 0 Å². The van der Waals surface area contributed by atoms with Gasteiger partial charge in [-0.05, 0) is 38.1 Å². The average Bonchev–Trinajstić information content (AvgIpc) is 2.93. The Kier molecular flexibility index (Phi) is 4.82. The van der Waals surface area contributed by atoms with E-state index in [4.69, 9.17) is 0 Å². The molecule has 0 saturated heterocycles. The maximum atomic E-state index is 13.2. The van der Waals surface area contributed by atoms with Gasteiger partial charge in [-0.2, -0.15) is 13.2 Å². The number of aromatic nitrogens is 3. The third-order valence-corrected chi connectivity index (χ3v) is 4.74. The topological polar surface area (TPSA) is 62.7 Å². The van der Waals surface area contributed by atoms with E-state index in [2.05, 4.69) is 25.6 Å². The van der Waals surface area contributed by atoms with Gasteiger partial charge in [-0.15, -0.1) is 11.3 Å². The average molecular weight is 379 g/mol. The normalized spacial score (nSPS) is 11.5. The fourth-order valence-electron chi connectivity index (χ4n) is 2.52. The summed E-state index contributed by atoms with van der Waals surface area (Å²) in [5.41, 5.74) is 1.04. The molecular weight excluding hydrogens is 363 g/mol. The number of nitrogens with zero attached hydrogens (tertiary/aromatic N) is 3. The van der Waals surface area contributed by atoms with Crippen molar-refractivity contribution in [1.29, 1.82) is 0 Å². The number of anilines is 3. The van der Waals surface area contributed by atoms with E-state index in [0.29, 0.717) is 5.69 Å². The lowest BCUT2D eigenvalue weighted by atomic mass is 10.1. The van der Waals surface area contributed by atoms with Gasteiger partial charge in [0.1, 0.15) is 0 Å². The molecule has 26 heavy (non-hydrogen) atoms. The first-order valence-electron chi connectivity index (χ1n) is 7.71. The van der Waals surface area contributed by atoms with Gasteiger partial charge in [-0.25, -0.2) is 15.0 Å². The van der Waals surface area contributed by atoms with Crippen molar-refractivity contribution in [3.63, 3.8) is 0 Å². The highest BCUT2D eigenvalue weighted by molar-refractivity contribution is 7.15. The van der Waals surface area contributed by atoms with Gasteiger partial charge in [0.05, 0.1) is 26.8 Å². The fourth-order valence-corrected chi connectivity index (χ4v) is 3.41. The van der Waals surface area contributed by atoms with Crippen LogP contribution in [-0.4, -0.2) is 22.0 Å². The second-order valence-electron chi connectivity index (χ2n) is 5.55. The van der Waals surface area contributed by atoms with Crippen LogP contribution in [0.5, 0.6) is 0 Å². The van der Waals surface area contributed by atoms with Crippen molar-refractivity contribution in [2.45, 2.75) is 20.0 Å². The van der Waals surface area contributed by atoms with Crippen molar-refractivity contribution in [3.8, 4) is 10.6 Å². The molecular formula is C17H16F3N5S. The van der Waals surface area contributed by atoms with E-state index in [1.54, 1.807) is 18.3 Å². The Morgan fingerprint density at radius 3 is 2.46 bits per heavy atom. The van der Waals surface area contributed by atoms with Crippen LogP contribution >= 0.6 is 11.3 Å². The zero-order valence-electron chi connectivity index (χ0n) is 14.3. The van der Waals surface area contributed by atoms with Crippen LogP contribution < -0.4 is 10.6 Å². The van der Waals surface area contributed by atoms with Gasteiger partial charge in [0, 0.05) is 24.6 Å². The van der Waals surface area contributed by atoms with E-state index in [1.165, 1.54) is 24.5 Å². The molecule has 0 spiro atoms. The molecule has 3 rings (SSSR count). The van der Waals surface area contributed by atoms with Gasteiger partial charge in [-0.3, -0.25) is 0 Å². The largest absolute Gasteiger partial charge is 0.418 e. The molecule has 5 nitrogen and oxygen atoms in total. The van der Waals surface area contributed by atoms with Crippen LogP contribution in [-0.2, 0) is 6.18 Å². The number of thiazole rings is 1. The van der Waals surface area contributed by atoms with Crippen molar-refractivity contribution in [2.75, 3.05) is 17.7 Å². The monoisotopic (exact) mass is 379 g/mol. The number of hydrogen-bond donors (Lipinski definition) is 2. The summed E-state index contributed by atoms with van der Waals surface area (Å²) >= 11 is 1.51. The smallest absolute Gasteiger partial charge is 0.388 e. The van der Waals surface area contributed by atoms with Crippen molar-refractivity contribution in [3.05, 3.63) is 46.7 Å². The first kappa shape index (κ1) is 18.1. The molecule has 0 bridgehead atoms. The van der Waals surface area contributed by atoms with Crippen LogP contribution in [0.2, 0.25) is 0 Å². The van der Waals surface area contributed by atoms with E-state index < -0.39 is 11.7 Å². The van der Waals surface area contributed by atoms with Crippen LogP contribution in [0.15, 0.2) is 30.5 Å². The molecule has 0 amide bonds. The maximum absolute atomic E-state index is 13.2. The van der Waals surface area contributed by atoms with Crippen molar-refractivity contribution in [1.82, 2.24) is 15.0 Å². The van der Waals surface area contributed by atoms with Gasteiger partial charge in [0.15, 0.2) is 0 Å². The third kappa shape index (κ3) is 3.77. The van der Waals surface area contributed by atoms with Crippen LogP contribution in [0.1, 0.15) is 16.3 Å². The Morgan fingerprint density at radius 1 is 1.08 bits per heavy atom. The molecule has 0 atom stereocenters. The lowest BCUT2D eigenvalue weighted by Gasteiger charge is -2.14. The van der Waals surface area contributed by atoms with Crippen LogP contribution in [0.4, 0.5) is 30.5 Å². The predicted molar refractivity (Wildman–Crippen MR) is 96.9 cm³/mol. The lowest BCUT2D eigenvalue weighted by Crippen LogP contribution is -2.09. The first-order valence-corrected chi connectivity index (χ1v) is 8.53. The van der Waals surface area contributed by atoms with Gasteiger partial charge in [-0.1, -0.05) is 0 Å². The summed E-state index contributed by atoms with van der Waals surface area (Å²) in [4.78, 5) is 13.8. The summed E-state index contributed by atoms with van der Waals surface area (Å²) in [7, 11) is 1.45. The number of benzene rings is 1. The summed E-state index contributed by atoms with van der Waals surface area (Å²) in [6.07, 6.45) is -2.90. The second-order valence-corrected chi connectivity index (χ2v) is 6.75. The molecule has 1 aromatic carbocycles. The Balaban J connectivity index is 1.93. The molecule has 0 saturated carbocycles. The number of rotatable bonds is 4. The molecule has 136 valence electrons. The fraction of sp³-hybridized carbons (Fsp3) is 0.235. The highest BCUT2D eigenvalue weighted by atomic mass is 32.1. The molecule has 2 heterocycles. The van der Waals surface area contributed by atoms with Crippen molar-refractivity contribution >= 4 is 28.7 Å². The Labute approximate surface area is 152 Å². The third-order valence-electron chi connectivity index (χ3n) is 3.64. The number of alkyl halides is 3. The maximum Gasteiger partial charge on any atom is 0.418 e.